The fraction of sp³-hybridized carbons (Fsp3) is 0.462. The fourth-order valence-corrected chi connectivity index (χ4v) is 1.53. The van der Waals surface area contributed by atoms with Crippen LogP contribution in [-0.4, -0.2) is 46.9 Å². The van der Waals surface area contributed by atoms with Gasteiger partial charge in [0.15, 0.2) is 11.6 Å². The van der Waals surface area contributed by atoms with Crippen LogP contribution in [0.3, 0.4) is 0 Å². The maximum atomic E-state index is 13.6. The zero-order chi connectivity index (χ0) is 15.0. The van der Waals surface area contributed by atoms with E-state index in [1.54, 1.807) is 7.11 Å². The molecule has 2 N–H and O–H groups in total. The molecule has 0 aromatic heterocycles. The molecule has 0 radical (unpaired) electrons. The van der Waals surface area contributed by atoms with Gasteiger partial charge in [-0.25, -0.2) is 4.39 Å². The molecule has 0 atom stereocenters. The van der Waals surface area contributed by atoms with E-state index in [0.29, 0.717) is 18.9 Å². The van der Waals surface area contributed by atoms with E-state index in [9.17, 15) is 9.18 Å². The lowest BCUT2D eigenvalue weighted by molar-refractivity contribution is -0.115. The summed E-state index contributed by atoms with van der Waals surface area (Å²) in [4.78, 5) is 11.7. The molecule has 112 valence electrons. The lowest BCUT2D eigenvalue weighted by Gasteiger charge is -2.12. The smallest absolute Gasteiger partial charge is 0.238 e. The van der Waals surface area contributed by atoms with Gasteiger partial charge in [0.25, 0.3) is 0 Å². The average molecular weight is 286 g/mol. The van der Waals surface area contributed by atoms with Gasteiger partial charge in [0, 0.05) is 25.8 Å². The molecule has 0 unspecified atom stereocenters. The summed E-state index contributed by atoms with van der Waals surface area (Å²) in [6.45, 7) is 1.16. The van der Waals surface area contributed by atoms with Gasteiger partial charge < -0.3 is 24.8 Å². The Morgan fingerprint density at radius 2 is 1.90 bits per heavy atom. The van der Waals surface area contributed by atoms with Crippen molar-refractivity contribution in [2.24, 2.45) is 0 Å². The second-order valence-electron chi connectivity index (χ2n) is 3.90. The van der Waals surface area contributed by atoms with Crippen molar-refractivity contribution in [2.45, 2.75) is 0 Å². The van der Waals surface area contributed by atoms with Crippen LogP contribution in [0.25, 0.3) is 0 Å². The zero-order valence-electron chi connectivity index (χ0n) is 11.8. The molecular formula is C13H19FN2O4. The molecule has 0 aliphatic rings. The van der Waals surface area contributed by atoms with Crippen LogP contribution in [0, 0.1) is 5.82 Å². The molecule has 0 saturated carbocycles. The Labute approximate surface area is 117 Å². The third-order valence-electron chi connectivity index (χ3n) is 2.52. The predicted octanol–water partition coefficient (Wildman–Crippen LogP) is 1.02. The summed E-state index contributed by atoms with van der Waals surface area (Å²) < 4.78 is 28.4. The van der Waals surface area contributed by atoms with Gasteiger partial charge in [0.1, 0.15) is 5.75 Å². The molecule has 6 nitrogen and oxygen atoms in total. The molecule has 7 heteroatoms. The normalized spacial score (nSPS) is 10.2. The minimum atomic E-state index is -0.573. The molecule has 0 saturated heterocycles. The third kappa shape index (κ3) is 4.67. The minimum Gasteiger partial charge on any atom is -0.494 e. The van der Waals surface area contributed by atoms with E-state index in [1.807, 2.05) is 0 Å². The Hall–Kier alpha value is -1.86. The Morgan fingerprint density at radius 1 is 1.20 bits per heavy atom. The maximum Gasteiger partial charge on any atom is 0.238 e. The zero-order valence-corrected chi connectivity index (χ0v) is 11.8. The number of anilines is 1. The van der Waals surface area contributed by atoms with E-state index in [2.05, 4.69) is 10.6 Å². The summed E-state index contributed by atoms with van der Waals surface area (Å²) in [5.41, 5.74) is 0.254. The lowest BCUT2D eigenvalue weighted by Crippen LogP contribution is -2.30. The molecule has 0 fully saturated rings. The number of ether oxygens (including phenoxy) is 3. The molecule has 20 heavy (non-hydrogen) atoms. The molecule has 0 aliphatic carbocycles. The molecule has 1 amide bonds. The lowest BCUT2D eigenvalue weighted by atomic mass is 10.2. The highest BCUT2D eigenvalue weighted by molar-refractivity contribution is 5.93. The largest absolute Gasteiger partial charge is 0.494 e. The van der Waals surface area contributed by atoms with Crippen molar-refractivity contribution in [1.82, 2.24) is 5.32 Å². The Bertz CT molecular complexity index is 454. The number of hydrogen-bond acceptors (Lipinski definition) is 5. The molecular weight excluding hydrogens is 267 g/mol. The van der Waals surface area contributed by atoms with Gasteiger partial charge in [-0.1, -0.05) is 0 Å². The molecule has 1 rings (SSSR count). The van der Waals surface area contributed by atoms with Crippen molar-refractivity contribution >= 4 is 11.6 Å². The van der Waals surface area contributed by atoms with Crippen LogP contribution in [0.2, 0.25) is 0 Å². The quantitative estimate of drug-likeness (QED) is 0.698. The summed E-state index contributed by atoms with van der Waals surface area (Å²) >= 11 is 0. The van der Waals surface area contributed by atoms with Crippen LogP contribution in [0.4, 0.5) is 10.1 Å². The summed E-state index contributed by atoms with van der Waals surface area (Å²) in [6.07, 6.45) is 0. The van der Waals surface area contributed by atoms with Crippen LogP contribution >= 0.6 is 0 Å². The van der Waals surface area contributed by atoms with Crippen LogP contribution in [-0.2, 0) is 9.53 Å². The van der Waals surface area contributed by atoms with Crippen molar-refractivity contribution in [3.05, 3.63) is 17.9 Å². The van der Waals surface area contributed by atoms with Crippen molar-refractivity contribution in [3.63, 3.8) is 0 Å². The monoisotopic (exact) mass is 286 g/mol. The van der Waals surface area contributed by atoms with Crippen LogP contribution in [0.5, 0.6) is 11.5 Å². The summed E-state index contributed by atoms with van der Waals surface area (Å²) in [7, 11) is 4.36. The summed E-state index contributed by atoms with van der Waals surface area (Å²) in [5, 5.41) is 5.45. The minimum absolute atomic E-state index is 0.0538. The van der Waals surface area contributed by atoms with E-state index in [0.717, 1.165) is 6.07 Å². The van der Waals surface area contributed by atoms with Crippen molar-refractivity contribution < 1.29 is 23.4 Å². The first-order chi connectivity index (χ1) is 9.62. The van der Waals surface area contributed by atoms with Crippen molar-refractivity contribution in [2.75, 3.05) is 46.3 Å². The van der Waals surface area contributed by atoms with E-state index >= 15 is 0 Å². The Kier molecular flexibility index (Phi) is 6.75. The first-order valence-electron chi connectivity index (χ1n) is 6.03. The Balaban J connectivity index is 2.66. The molecule has 1 aromatic carbocycles. The molecule has 0 heterocycles. The van der Waals surface area contributed by atoms with Gasteiger partial charge >= 0.3 is 0 Å². The van der Waals surface area contributed by atoms with E-state index in [1.165, 1.54) is 20.3 Å². The van der Waals surface area contributed by atoms with Crippen molar-refractivity contribution in [1.29, 1.82) is 0 Å². The van der Waals surface area contributed by atoms with Gasteiger partial charge in [0.05, 0.1) is 33.1 Å². The molecule has 0 bridgehead atoms. The van der Waals surface area contributed by atoms with Crippen LogP contribution in [0.1, 0.15) is 0 Å². The number of carbonyl (C=O) groups is 1. The summed E-state index contributed by atoms with van der Waals surface area (Å²) in [5.74, 6) is -0.494. The number of amides is 1. The van der Waals surface area contributed by atoms with Gasteiger partial charge in [0.2, 0.25) is 5.91 Å². The number of benzene rings is 1. The highest BCUT2D eigenvalue weighted by Gasteiger charge is 2.13. The second-order valence-corrected chi connectivity index (χ2v) is 3.90. The maximum absolute atomic E-state index is 13.6. The number of rotatable bonds is 8. The second kappa shape index (κ2) is 8.34. The van der Waals surface area contributed by atoms with Gasteiger partial charge in [-0.3, -0.25) is 4.79 Å². The number of carbonyl (C=O) groups excluding carboxylic acids is 1. The fourth-order valence-electron chi connectivity index (χ4n) is 1.53. The van der Waals surface area contributed by atoms with Crippen molar-refractivity contribution in [3.8, 4) is 11.5 Å². The Morgan fingerprint density at radius 3 is 2.50 bits per heavy atom. The van der Waals surface area contributed by atoms with E-state index in [-0.39, 0.29) is 23.9 Å². The highest BCUT2D eigenvalue weighted by Crippen LogP contribution is 2.31. The van der Waals surface area contributed by atoms with Gasteiger partial charge in [-0.2, -0.15) is 0 Å². The topological polar surface area (TPSA) is 68.8 Å². The highest BCUT2D eigenvalue weighted by atomic mass is 19.1. The SMILES string of the molecule is COCCNCC(=O)Nc1cc(F)c(OC)cc1OC. The molecule has 0 aliphatic heterocycles. The van der Waals surface area contributed by atoms with Crippen LogP contribution < -0.4 is 20.1 Å². The molecule has 1 aromatic rings. The summed E-state index contributed by atoms with van der Waals surface area (Å²) in [6, 6.07) is 2.54. The standard InChI is InChI=1S/C13H19FN2O4/c1-18-5-4-15-8-13(17)16-10-6-9(14)11(19-2)7-12(10)20-3/h6-7,15H,4-5,8H2,1-3H3,(H,16,17). The number of hydrogen-bond donors (Lipinski definition) is 2. The van der Waals surface area contributed by atoms with E-state index in [4.69, 9.17) is 14.2 Å². The number of methoxy groups -OCH3 is 3. The first kappa shape index (κ1) is 16.2. The average Bonchev–Trinajstić information content (AvgIpc) is 2.44. The van der Waals surface area contributed by atoms with Crippen LogP contribution in [0.15, 0.2) is 12.1 Å². The van der Waals surface area contributed by atoms with E-state index < -0.39 is 5.82 Å². The first-order valence-corrected chi connectivity index (χ1v) is 6.03. The predicted molar refractivity (Wildman–Crippen MR) is 72.9 cm³/mol. The third-order valence-corrected chi connectivity index (χ3v) is 2.52. The van der Waals surface area contributed by atoms with Gasteiger partial charge in [-0.05, 0) is 0 Å². The molecule has 0 spiro atoms. The van der Waals surface area contributed by atoms with Gasteiger partial charge in [-0.15, -0.1) is 0 Å². The number of halogens is 1. The number of nitrogens with one attached hydrogen (secondary N) is 2.